The molecule has 6 nitrogen and oxygen atoms in total. The van der Waals surface area contributed by atoms with E-state index in [-0.39, 0.29) is 23.1 Å². The Bertz CT molecular complexity index is 1000. The first-order chi connectivity index (χ1) is 13.5. The van der Waals surface area contributed by atoms with Gasteiger partial charge in [0.1, 0.15) is 5.75 Å². The molecule has 2 aromatic heterocycles. The van der Waals surface area contributed by atoms with Crippen molar-refractivity contribution in [3.63, 3.8) is 0 Å². The maximum atomic E-state index is 12.5. The van der Waals surface area contributed by atoms with Crippen LogP contribution in [0.2, 0.25) is 0 Å². The molecule has 0 spiro atoms. The Morgan fingerprint density at radius 2 is 1.82 bits per heavy atom. The fraction of sp³-hybridized carbons (Fsp3) is 0.0952. The van der Waals surface area contributed by atoms with E-state index in [1.807, 2.05) is 0 Å². The molecule has 3 rings (SSSR count). The van der Waals surface area contributed by atoms with Crippen molar-refractivity contribution in [1.29, 1.82) is 0 Å². The van der Waals surface area contributed by atoms with Gasteiger partial charge in [-0.05, 0) is 48.2 Å². The zero-order valence-electron chi connectivity index (χ0n) is 15.0. The molecule has 0 aliphatic heterocycles. The van der Waals surface area contributed by atoms with Crippen molar-refractivity contribution < 1.29 is 19.1 Å². The van der Waals surface area contributed by atoms with Crippen molar-refractivity contribution in [1.82, 2.24) is 9.97 Å². The fourth-order valence-electron chi connectivity index (χ4n) is 2.41. The standard InChI is InChI=1S/C21H16N2O4S/c1-14(24)27-20-7-3-2-6-18(20)21(26)28-17-9-8-16(23-13-17)11-19(25)15-5-4-10-22-12-15/h2-10,12-13H,11H2,1H3. The highest BCUT2D eigenvalue weighted by Gasteiger charge is 2.15. The molecule has 3 aromatic rings. The van der Waals surface area contributed by atoms with Crippen molar-refractivity contribution in [2.75, 3.05) is 0 Å². The van der Waals surface area contributed by atoms with E-state index >= 15 is 0 Å². The van der Waals surface area contributed by atoms with Crippen molar-refractivity contribution in [2.24, 2.45) is 0 Å². The number of nitrogens with zero attached hydrogens (tertiary/aromatic N) is 2. The van der Waals surface area contributed by atoms with Crippen LogP contribution in [0.25, 0.3) is 0 Å². The van der Waals surface area contributed by atoms with Gasteiger partial charge in [0, 0.05) is 41.7 Å². The molecule has 0 fully saturated rings. The van der Waals surface area contributed by atoms with Crippen molar-refractivity contribution >= 4 is 28.6 Å². The van der Waals surface area contributed by atoms with Crippen LogP contribution in [0.4, 0.5) is 0 Å². The van der Waals surface area contributed by atoms with Crippen LogP contribution in [0.15, 0.2) is 72.0 Å². The summed E-state index contributed by atoms with van der Waals surface area (Å²) < 4.78 is 5.08. The number of aromatic nitrogens is 2. The van der Waals surface area contributed by atoms with Gasteiger partial charge in [0.05, 0.1) is 12.0 Å². The van der Waals surface area contributed by atoms with E-state index in [4.69, 9.17) is 4.74 Å². The van der Waals surface area contributed by atoms with Gasteiger partial charge in [0.2, 0.25) is 5.12 Å². The smallest absolute Gasteiger partial charge is 0.308 e. The quantitative estimate of drug-likeness (QED) is 0.273. The minimum absolute atomic E-state index is 0.0765. The predicted molar refractivity (Wildman–Crippen MR) is 104 cm³/mol. The number of benzene rings is 1. The summed E-state index contributed by atoms with van der Waals surface area (Å²) in [6, 6.07) is 13.4. The largest absolute Gasteiger partial charge is 0.426 e. The maximum absolute atomic E-state index is 12.5. The average molecular weight is 392 g/mol. The van der Waals surface area contributed by atoms with Crippen molar-refractivity contribution in [2.45, 2.75) is 18.2 Å². The molecular formula is C21H16N2O4S. The summed E-state index contributed by atoms with van der Waals surface area (Å²) in [5.41, 5.74) is 1.43. The van der Waals surface area contributed by atoms with Gasteiger partial charge in [0.25, 0.3) is 0 Å². The van der Waals surface area contributed by atoms with E-state index in [1.165, 1.54) is 13.1 Å². The molecular weight excluding hydrogens is 376 g/mol. The highest BCUT2D eigenvalue weighted by molar-refractivity contribution is 8.14. The SMILES string of the molecule is CC(=O)Oc1ccccc1C(=O)Sc1ccc(CC(=O)c2cccnc2)nc1. The van der Waals surface area contributed by atoms with Gasteiger partial charge in [-0.1, -0.05) is 12.1 Å². The molecule has 0 amide bonds. The van der Waals surface area contributed by atoms with Crippen LogP contribution in [-0.4, -0.2) is 26.8 Å². The molecule has 140 valence electrons. The molecule has 0 saturated carbocycles. The third kappa shape index (κ3) is 5.11. The zero-order valence-corrected chi connectivity index (χ0v) is 15.8. The van der Waals surface area contributed by atoms with E-state index in [0.717, 1.165) is 11.8 Å². The summed E-state index contributed by atoms with van der Waals surface area (Å²) in [5, 5.41) is -0.266. The monoisotopic (exact) mass is 392 g/mol. The molecule has 0 aliphatic carbocycles. The summed E-state index contributed by atoms with van der Waals surface area (Å²) in [6.45, 7) is 1.28. The maximum Gasteiger partial charge on any atom is 0.308 e. The van der Waals surface area contributed by atoms with Crippen LogP contribution in [0.1, 0.15) is 33.3 Å². The first kappa shape index (κ1) is 19.4. The average Bonchev–Trinajstić information content (AvgIpc) is 2.70. The van der Waals surface area contributed by atoms with E-state index in [2.05, 4.69) is 9.97 Å². The molecule has 2 heterocycles. The lowest BCUT2D eigenvalue weighted by molar-refractivity contribution is -0.131. The lowest BCUT2D eigenvalue weighted by Crippen LogP contribution is -2.06. The number of Topliss-reactive ketones (excluding diaryl/α,β-unsaturated/α-hetero) is 1. The summed E-state index contributed by atoms with van der Waals surface area (Å²) >= 11 is 0.974. The molecule has 0 bridgehead atoms. The van der Waals surface area contributed by atoms with E-state index in [9.17, 15) is 14.4 Å². The minimum Gasteiger partial charge on any atom is -0.426 e. The van der Waals surface area contributed by atoms with Crippen LogP contribution < -0.4 is 4.74 Å². The Hall–Kier alpha value is -3.32. The summed E-state index contributed by atoms with van der Waals surface area (Å²) in [5.74, 6) is -0.346. The highest BCUT2D eigenvalue weighted by Crippen LogP contribution is 2.28. The van der Waals surface area contributed by atoms with Gasteiger partial charge in [0.15, 0.2) is 5.78 Å². The van der Waals surface area contributed by atoms with Crippen LogP contribution >= 0.6 is 11.8 Å². The van der Waals surface area contributed by atoms with Gasteiger partial charge in [-0.15, -0.1) is 0 Å². The van der Waals surface area contributed by atoms with Crippen LogP contribution in [0, 0.1) is 0 Å². The zero-order chi connectivity index (χ0) is 19.9. The number of esters is 1. The van der Waals surface area contributed by atoms with Gasteiger partial charge in [-0.3, -0.25) is 24.4 Å². The number of hydrogen-bond donors (Lipinski definition) is 0. The second kappa shape index (κ2) is 9.05. The number of pyridine rings is 2. The Labute approximate surface area is 166 Å². The first-order valence-corrected chi connectivity index (χ1v) is 9.22. The van der Waals surface area contributed by atoms with Gasteiger partial charge < -0.3 is 4.74 Å². The van der Waals surface area contributed by atoms with Crippen LogP contribution in [0.3, 0.4) is 0 Å². The first-order valence-electron chi connectivity index (χ1n) is 8.40. The molecule has 0 aliphatic rings. The van der Waals surface area contributed by atoms with E-state index < -0.39 is 5.97 Å². The van der Waals surface area contributed by atoms with Crippen molar-refractivity contribution in [3.05, 3.63) is 83.9 Å². The molecule has 0 saturated heterocycles. The molecule has 0 N–H and O–H groups in total. The normalized spacial score (nSPS) is 10.3. The third-order valence-corrected chi connectivity index (χ3v) is 4.58. The summed E-state index contributed by atoms with van der Waals surface area (Å²) in [6.07, 6.45) is 4.83. The molecule has 0 atom stereocenters. The van der Waals surface area contributed by atoms with Gasteiger partial charge >= 0.3 is 5.97 Å². The Kier molecular flexibility index (Phi) is 6.29. The summed E-state index contributed by atoms with van der Waals surface area (Å²) in [4.78, 5) is 44.8. The Morgan fingerprint density at radius 3 is 2.50 bits per heavy atom. The number of ether oxygens (including phenoxy) is 1. The van der Waals surface area contributed by atoms with E-state index in [1.54, 1.807) is 60.9 Å². The topological polar surface area (TPSA) is 86.2 Å². The number of rotatable bonds is 6. The van der Waals surface area contributed by atoms with Crippen LogP contribution in [0.5, 0.6) is 5.75 Å². The number of para-hydroxylation sites is 1. The second-order valence-corrected chi connectivity index (χ2v) is 6.85. The number of thioether (sulfide) groups is 1. The van der Waals surface area contributed by atoms with E-state index in [0.29, 0.717) is 21.7 Å². The third-order valence-electron chi connectivity index (χ3n) is 3.69. The number of hydrogen-bond acceptors (Lipinski definition) is 7. The minimum atomic E-state index is -0.491. The number of carbonyl (C=O) groups is 3. The molecule has 0 radical (unpaired) electrons. The molecule has 1 aromatic carbocycles. The Morgan fingerprint density at radius 1 is 1.00 bits per heavy atom. The number of ketones is 1. The highest BCUT2D eigenvalue weighted by atomic mass is 32.2. The van der Waals surface area contributed by atoms with Crippen LogP contribution in [-0.2, 0) is 11.2 Å². The lowest BCUT2D eigenvalue weighted by atomic mass is 10.1. The molecule has 28 heavy (non-hydrogen) atoms. The molecule has 7 heteroatoms. The van der Waals surface area contributed by atoms with Crippen molar-refractivity contribution in [3.8, 4) is 5.75 Å². The summed E-state index contributed by atoms with van der Waals surface area (Å²) in [7, 11) is 0. The number of carbonyl (C=O) groups excluding carboxylic acids is 3. The Balaban J connectivity index is 1.67. The second-order valence-electron chi connectivity index (χ2n) is 5.81. The lowest BCUT2D eigenvalue weighted by Gasteiger charge is -2.07. The predicted octanol–water partition coefficient (Wildman–Crippen LogP) is 3.76. The van der Waals surface area contributed by atoms with Gasteiger partial charge in [-0.25, -0.2) is 0 Å². The van der Waals surface area contributed by atoms with Gasteiger partial charge in [-0.2, -0.15) is 0 Å². The fourth-order valence-corrected chi connectivity index (χ4v) is 3.15. The molecule has 0 unspecified atom stereocenters.